The minimum Gasteiger partial charge on any atom is -0.357 e. The summed E-state index contributed by atoms with van der Waals surface area (Å²) >= 11 is 0. The van der Waals surface area contributed by atoms with Crippen LogP contribution >= 0.6 is 24.0 Å². The number of aliphatic imine (C=N–C) groups is 1. The summed E-state index contributed by atoms with van der Waals surface area (Å²) in [5.74, 6) is 1.19. The first-order chi connectivity index (χ1) is 12.3. The molecule has 1 heterocycles. The van der Waals surface area contributed by atoms with Crippen molar-refractivity contribution in [2.45, 2.75) is 58.0 Å². The average Bonchev–Trinajstić information content (AvgIpc) is 2.60. The molecule has 6 nitrogen and oxygen atoms in total. The van der Waals surface area contributed by atoms with Crippen LogP contribution in [0.5, 0.6) is 0 Å². The van der Waals surface area contributed by atoms with Crippen LogP contribution in [0.2, 0.25) is 0 Å². The second-order valence-electron chi connectivity index (χ2n) is 7.25. The Labute approximate surface area is 181 Å². The molecule has 27 heavy (non-hydrogen) atoms. The van der Waals surface area contributed by atoms with Crippen LogP contribution in [0.3, 0.4) is 0 Å². The molecule has 1 atom stereocenters. The molecule has 0 radical (unpaired) electrons. The second kappa shape index (κ2) is 11.2. The zero-order chi connectivity index (χ0) is 19.2. The Bertz CT molecular complexity index is 705. The number of halogens is 1. The molecule has 1 unspecified atom stereocenters. The summed E-state index contributed by atoms with van der Waals surface area (Å²) in [6.07, 6.45) is 2.03. The van der Waals surface area contributed by atoms with E-state index in [2.05, 4.69) is 36.4 Å². The molecular formula is C19H33IN4O2S. The third-order valence-electron chi connectivity index (χ3n) is 4.37. The largest absolute Gasteiger partial charge is 0.357 e. The molecule has 0 aliphatic carbocycles. The zero-order valence-electron chi connectivity index (χ0n) is 16.7. The average molecular weight is 508 g/mol. The molecule has 0 bridgehead atoms. The first-order valence-electron chi connectivity index (χ1n) is 9.47. The minimum absolute atomic E-state index is 0. The van der Waals surface area contributed by atoms with Gasteiger partial charge in [0, 0.05) is 25.7 Å². The number of nitrogens with one attached hydrogen (secondary N) is 2. The van der Waals surface area contributed by atoms with Crippen LogP contribution in [-0.4, -0.2) is 44.4 Å². The van der Waals surface area contributed by atoms with E-state index >= 15 is 0 Å². The lowest BCUT2D eigenvalue weighted by Crippen LogP contribution is -2.41. The standard InChI is InChI=1S/C19H32N4O2S.HI/c1-5-20-19(22-15(2)3)21-13-17-8-10-18(11-9-17)26(24,25)23-12-6-7-16(4)14-23;/h8-11,15-16H,5-7,12-14H2,1-4H3,(H2,20,21,22);1H. The van der Waals surface area contributed by atoms with Crippen molar-refractivity contribution in [2.75, 3.05) is 19.6 Å². The highest BCUT2D eigenvalue weighted by Gasteiger charge is 2.28. The molecule has 0 saturated carbocycles. The van der Waals surface area contributed by atoms with Gasteiger partial charge in [0.15, 0.2) is 5.96 Å². The molecular weight excluding hydrogens is 475 g/mol. The normalized spacial score (nSPS) is 18.9. The second-order valence-corrected chi connectivity index (χ2v) is 9.19. The summed E-state index contributed by atoms with van der Waals surface area (Å²) in [7, 11) is -3.39. The molecule has 0 amide bonds. The fraction of sp³-hybridized carbons (Fsp3) is 0.632. The summed E-state index contributed by atoms with van der Waals surface area (Å²) in [4.78, 5) is 4.92. The number of piperidine rings is 1. The van der Waals surface area contributed by atoms with Gasteiger partial charge in [-0.05, 0) is 57.2 Å². The maximum Gasteiger partial charge on any atom is 0.243 e. The number of benzene rings is 1. The van der Waals surface area contributed by atoms with Gasteiger partial charge in [-0.2, -0.15) is 4.31 Å². The van der Waals surface area contributed by atoms with Crippen molar-refractivity contribution in [1.29, 1.82) is 0 Å². The SMILES string of the molecule is CCNC(=NCc1ccc(S(=O)(=O)N2CCCC(C)C2)cc1)NC(C)C.I. The van der Waals surface area contributed by atoms with E-state index in [1.165, 1.54) is 0 Å². The van der Waals surface area contributed by atoms with Crippen molar-refractivity contribution >= 4 is 40.0 Å². The van der Waals surface area contributed by atoms with E-state index in [0.717, 1.165) is 30.9 Å². The van der Waals surface area contributed by atoms with Gasteiger partial charge in [0.05, 0.1) is 11.4 Å². The Morgan fingerprint density at radius 1 is 1.30 bits per heavy atom. The van der Waals surface area contributed by atoms with Crippen molar-refractivity contribution in [2.24, 2.45) is 10.9 Å². The number of guanidine groups is 1. The molecule has 1 aliphatic rings. The smallest absolute Gasteiger partial charge is 0.243 e. The van der Waals surface area contributed by atoms with Gasteiger partial charge in [0.2, 0.25) is 10.0 Å². The van der Waals surface area contributed by atoms with E-state index in [-0.39, 0.29) is 24.0 Å². The van der Waals surface area contributed by atoms with Crippen molar-refractivity contribution in [3.05, 3.63) is 29.8 Å². The first kappa shape index (κ1) is 24.2. The molecule has 1 aromatic rings. The minimum atomic E-state index is -3.39. The van der Waals surface area contributed by atoms with Gasteiger partial charge in [-0.15, -0.1) is 24.0 Å². The van der Waals surface area contributed by atoms with Crippen molar-refractivity contribution < 1.29 is 8.42 Å². The first-order valence-corrected chi connectivity index (χ1v) is 10.9. The predicted octanol–water partition coefficient (Wildman–Crippen LogP) is 3.19. The topological polar surface area (TPSA) is 73.8 Å². The predicted molar refractivity (Wildman–Crippen MR) is 122 cm³/mol. The summed E-state index contributed by atoms with van der Waals surface area (Å²) < 4.78 is 27.2. The molecule has 1 aromatic carbocycles. The maximum atomic E-state index is 12.8. The van der Waals surface area contributed by atoms with Gasteiger partial charge in [0.1, 0.15) is 0 Å². The lowest BCUT2D eigenvalue weighted by atomic mass is 10.0. The van der Waals surface area contributed by atoms with Gasteiger partial charge < -0.3 is 10.6 Å². The Hall–Kier alpha value is -0.870. The summed E-state index contributed by atoms with van der Waals surface area (Å²) in [5, 5.41) is 6.47. The van der Waals surface area contributed by atoms with E-state index in [1.54, 1.807) is 16.4 Å². The van der Waals surface area contributed by atoms with Crippen LogP contribution in [0.15, 0.2) is 34.2 Å². The van der Waals surface area contributed by atoms with Gasteiger partial charge in [-0.25, -0.2) is 13.4 Å². The molecule has 1 fully saturated rings. The number of sulfonamides is 1. The molecule has 2 rings (SSSR count). The molecule has 8 heteroatoms. The number of rotatable bonds is 6. The molecule has 154 valence electrons. The van der Waals surface area contributed by atoms with Crippen molar-refractivity contribution in [3.63, 3.8) is 0 Å². The maximum absolute atomic E-state index is 12.8. The zero-order valence-corrected chi connectivity index (χ0v) is 19.9. The highest BCUT2D eigenvalue weighted by Crippen LogP contribution is 2.23. The van der Waals surface area contributed by atoms with Crippen LogP contribution in [0.25, 0.3) is 0 Å². The van der Waals surface area contributed by atoms with E-state index in [9.17, 15) is 8.42 Å². The van der Waals surface area contributed by atoms with Crippen LogP contribution in [0, 0.1) is 5.92 Å². The number of nitrogens with zero attached hydrogens (tertiary/aromatic N) is 2. The lowest BCUT2D eigenvalue weighted by molar-refractivity contribution is 0.281. The fourth-order valence-corrected chi connectivity index (χ4v) is 4.64. The van der Waals surface area contributed by atoms with Gasteiger partial charge in [0.25, 0.3) is 0 Å². The summed E-state index contributed by atoms with van der Waals surface area (Å²) in [5.41, 5.74) is 0.983. The monoisotopic (exact) mass is 508 g/mol. The van der Waals surface area contributed by atoms with E-state index < -0.39 is 10.0 Å². The molecule has 2 N–H and O–H groups in total. The Kier molecular flexibility index (Phi) is 10.0. The molecule has 1 saturated heterocycles. The van der Waals surface area contributed by atoms with Crippen LogP contribution in [0.4, 0.5) is 0 Å². The Morgan fingerprint density at radius 3 is 2.52 bits per heavy atom. The number of hydrogen-bond acceptors (Lipinski definition) is 3. The van der Waals surface area contributed by atoms with E-state index in [0.29, 0.717) is 36.5 Å². The molecule has 0 aromatic heterocycles. The highest BCUT2D eigenvalue weighted by molar-refractivity contribution is 14.0. The number of hydrogen-bond donors (Lipinski definition) is 2. The Balaban J connectivity index is 0.00000364. The fourth-order valence-electron chi connectivity index (χ4n) is 3.04. The summed E-state index contributed by atoms with van der Waals surface area (Å²) in [6.45, 7) is 10.8. The van der Waals surface area contributed by atoms with Crippen molar-refractivity contribution in [3.8, 4) is 0 Å². The highest BCUT2D eigenvalue weighted by atomic mass is 127. The van der Waals surface area contributed by atoms with Crippen LogP contribution < -0.4 is 10.6 Å². The molecule has 0 spiro atoms. The van der Waals surface area contributed by atoms with Gasteiger partial charge in [-0.1, -0.05) is 19.1 Å². The van der Waals surface area contributed by atoms with Crippen LogP contribution in [-0.2, 0) is 16.6 Å². The van der Waals surface area contributed by atoms with Gasteiger partial charge >= 0.3 is 0 Å². The molecule has 1 aliphatic heterocycles. The third-order valence-corrected chi connectivity index (χ3v) is 6.25. The van der Waals surface area contributed by atoms with Crippen molar-refractivity contribution in [1.82, 2.24) is 14.9 Å². The lowest BCUT2D eigenvalue weighted by Gasteiger charge is -2.30. The Morgan fingerprint density at radius 2 is 1.96 bits per heavy atom. The third kappa shape index (κ3) is 7.23. The quantitative estimate of drug-likeness (QED) is 0.352. The van der Waals surface area contributed by atoms with Crippen LogP contribution in [0.1, 0.15) is 46.1 Å². The van der Waals surface area contributed by atoms with Gasteiger partial charge in [-0.3, -0.25) is 0 Å². The van der Waals surface area contributed by atoms with E-state index in [1.807, 2.05) is 19.1 Å². The van der Waals surface area contributed by atoms with E-state index in [4.69, 9.17) is 0 Å². The summed E-state index contributed by atoms with van der Waals surface area (Å²) in [6, 6.07) is 7.39.